The molecule has 12 aromatic rings. The van der Waals surface area contributed by atoms with Crippen LogP contribution in [0.15, 0.2) is 255 Å². The maximum Gasteiger partial charge on any atom is 0.226 e. The smallest absolute Gasteiger partial charge is 0.191 e. The largest absolute Gasteiger partial charge is 0.226 e. The summed E-state index contributed by atoms with van der Waals surface area (Å²) in [4.78, 5) is 0. The van der Waals surface area contributed by atoms with Crippen LogP contribution < -0.4 is 8.97 Å². The molecule has 0 saturated carbocycles. The molecule has 1 aliphatic heterocycles. The third-order valence-electron chi connectivity index (χ3n) is 17.7. The van der Waals surface area contributed by atoms with E-state index in [0.717, 1.165) is 25.7 Å². The molecular weight excluding hydrogens is 941 g/mol. The fourth-order valence-corrected chi connectivity index (χ4v) is 13.4. The third-order valence-corrected chi connectivity index (χ3v) is 17.7. The van der Waals surface area contributed by atoms with Crippen molar-refractivity contribution in [3.05, 3.63) is 272 Å². The molecule has 1 aliphatic rings. The topological polar surface area (TPSA) is 7.98 Å². The van der Waals surface area contributed by atoms with Crippen molar-refractivity contribution in [2.24, 2.45) is 0 Å². The zero-order chi connectivity index (χ0) is 52.8. The molecule has 3 aromatic heterocycles. The molecule has 0 N–H and O–H groups in total. The van der Waals surface area contributed by atoms with Gasteiger partial charge in [-0.25, -0.2) is 0 Å². The number of aryl methyl sites for hydroxylation is 1. The molecule has 13 rings (SSSR count). The van der Waals surface area contributed by atoms with Crippen LogP contribution in [0.3, 0.4) is 0 Å². The summed E-state index contributed by atoms with van der Waals surface area (Å²) in [5, 5.41) is 5.11. The summed E-state index contributed by atoms with van der Waals surface area (Å²) in [5.41, 5.74) is 22.1. The normalized spacial score (nSPS) is 15.8. The van der Waals surface area contributed by atoms with Crippen LogP contribution in [0.1, 0.15) is 70.2 Å². The Labute approximate surface area is 460 Å². The fraction of sp³-hybridized carbons (Fsp3) is 0.158. The molecule has 4 heterocycles. The van der Waals surface area contributed by atoms with Gasteiger partial charge in [-0.05, 0) is 182 Å². The predicted octanol–water partition coefficient (Wildman–Crippen LogP) is 19.1. The van der Waals surface area contributed by atoms with E-state index in [-0.39, 0.29) is 11.0 Å². The van der Waals surface area contributed by atoms with E-state index in [0.29, 0.717) is 0 Å². The minimum atomic E-state index is -0.262. The second kappa shape index (κ2) is 20.3. The lowest BCUT2D eigenvalue weighted by Crippen LogP contribution is -2.70. The minimum absolute atomic E-state index is 0.199. The number of rotatable bonds is 13. The third kappa shape index (κ3) is 8.52. The van der Waals surface area contributed by atoms with E-state index in [2.05, 4.69) is 292 Å². The fourth-order valence-electron chi connectivity index (χ4n) is 13.4. The van der Waals surface area contributed by atoms with Crippen LogP contribution in [-0.2, 0) is 23.8 Å². The number of fused-ring (bicyclic) bond motifs is 8. The van der Waals surface area contributed by atoms with Gasteiger partial charge >= 0.3 is 0 Å². The van der Waals surface area contributed by atoms with Crippen LogP contribution in [0.5, 0.6) is 0 Å². The highest BCUT2D eigenvalue weighted by Crippen LogP contribution is 2.52. The number of aromatic nitrogens is 2. The maximum absolute atomic E-state index is 2.67. The molecule has 0 bridgehead atoms. The summed E-state index contributed by atoms with van der Waals surface area (Å²) in [6.45, 7) is 9.63. The van der Waals surface area contributed by atoms with Crippen molar-refractivity contribution < 1.29 is 8.97 Å². The Morgan fingerprint density at radius 3 is 1.54 bits per heavy atom. The SMILES string of the molecule is CCCCc1cccc(-c2cc(-c3ccccc3)cc(-c3cc(-c4ccccc4)cc(-c4cccc(-c5ccc6c(c5)-c5cccc[n+]5C(CC)(Cc5cc7ccccc7c7c8ccccc8cc[n+]57)C6(C)CC)c4)c3)c2)c1. The zero-order valence-corrected chi connectivity index (χ0v) is 45.4. The molecule has 2 nitrogen and oxygen atoms in total. The van der Waals surface area contributed by atoms with Crippen molar-refractivity contribution in [2.75, 3.05) is 0 Å². The molecule has 2 unspecified atom stereocenters. The Kier molecular flexibility index (Phi) is 12.7. The molecule has 78 heavy (non-hydrogen) atoms. The minimum Gasteiger partial charge on any atom is -0.191 e. The lowest BCUT2D eigenvalue weighted by atomic mass is 9.58. The molecule has 0 saturated heterocycles. The number of unbranched alkanes of at least 4 members (excludes halogenated alkanes) is 1. The van der Waals surface area contributed by atoms with E-state index < -0.39 is 0 Å². The van der Waals surface area contributed by atoms with Crippen LogP contribution in [0.4, 0.5) is 0 Å². The average Bonchev–Trinajstić information content (AvgIpc) is 3.67. The summed E-state index contributed by atoms with van der Waals surface area (Å²) in [6.07, 6.45) is 11.0. The van der Waals surface area contributed by atoms with Gasteiger partial charge in [0.25, 0.3) is 0 Å². The van der Waals surface area contributed by atoms with Crippen molar-refractivity contribution in [1.82, 2.24) is 0 Å². The van der Waals surface area contributed by atoms with Crippen molar-refractivity contribution in [1.29, 1.82) is 0 Å². The van der Waals surface area contributed by atoms with Gasteiger partial charge in [-0.1, -0.05) is 179 Å². The van der Waals surface area contributed by atoms with Gasteiger partial charge in [0.05, 0.1) is 28.2 Å². The van der Waals surface area contributed by atoms with Crippen LogP contribution >= 0.6 is 0 Å². The Morgan fingerprint density at radius 2 is 0.897 bits per heavy atom. The number of hydrogen-bond acceptors (Lipinski definition) is 0. The van der Waals surface area contributed by atoms with Crippen LogP contribution in [-0.4, -0.2) is 0 Å². The predicted molar refractivity (Wildman–Crippen MR) is 328 cm³/mol. The highest BCUT2D eigenvalue weighted by molar-refractivity contribution is 6.07. The van der Waals surface area contributed by atoms with Crippen LogP contribution in [0, 0.1) is 0 Å². The standard InChI is InChI=1S/C76H66N2/c1-5-8-23-53-24-21-31-57(42-53)64-44-62(54-25-11-9-12-26-54)46-66(48-64)67-47-63(55-27-13-10-14-28-55)45-65(49-67)59-33-22-32-58(43-59)60-37-38-72-71(51-60)73-36-19-20-40-78(73)76(7-3,75(72,4)6-2)52-68-50-61-30-16-18-35-70(61)74-69-34-17-15-29-56(69)39-41-77(68)74/h9-22,24-51H,5-8,23,52H2,1-4H3/q+2. The van der Waals surface area contributed by atoms with Crippen molar-refractivity contribution in [2.45, 2.75) is 77.2 Å². The summed E-state index contributed by atoms with van der Waals surface area (Å²) >= 11 is 0. The first-order chi connectivity index (χ1) is 38.3. The van der Waals surface area contributed by atoms with Crippen LogP contribution in [0.2, 0.25) is 0 Å². The first kappa shape index (κ1) is 48.9. The van der Waals surface area contributed by atoms with Gasteiger partial charge in [-0.15, -0.1) is 0 Å². The van der Waals surface area contributed by atoms with E-state index in [1.54, 1.807) is 0 Å². The molecule has 0 spiro atoms. The van der Waals surface area contributed by atoms with Gasteiger partial charge < -0.3 is 0 Å². The molecule has 2 atom stereocenters. The van der Waals surface area contributed by atoms with Crippen molar-refractivity contribution >= 4 is 27.1 Å². The quantitative estimate of drug-likeness (QED) is 0.0803. The monoisotopic (exact) mass is 1010 g/mol. The van der Waals surface area contributed by atoms with Crippen molar-refractivity contribution in [3.63, 3.8) is 0 Å². The molecule has 2 heteroatoms. The molecule has 0 amide bonds. The highest BCUT2D eigenvalue weighted by Gasteiger charge is 2.60. The summed E-state index contributed by atoms with van der Waals surface area (Å²) in [5.74, 6) is 0. The number of benzene rings is 9. The Hall–Kier alpha value is -8.72. The van der Waals surface area contributed by atoms with E-state index in [9.17, 15) is 0 Å². The Morgan fingerprint density at radius 1 is 0.385 bits per heavy atom. The lowest BCUT2D eigenvalue weighted by molar-refractivity contribution is -0.771. The second-order valence-corrected chi connectivity index (χ2v) is 22.0. The zero-order valence-electron chi connectivity index (χ0n) is 45.4. The summed E-state index contributed by atoms with van der Waals surface area (Å²) in [6, 6.07) is 91.2. The number of hydrogen-bond donors (Lipinski definition) is 0. The van der Waals surface area contributed by atoms with Crippen molar-refractivity contribution in [3.8, 4) is 78.0 Å². The first-order valence-electron chi connectivity index (χ1n) is 28.4. The van der Waals surface area contributed by atoms with E-state index in [4.69, 9.17) is 0 Å². The number of pyridine rings is 3. The van der Waals surface area contributed by atoms with E-state index >= 15 is 0 Å². The molecule has 0 fully saturated rings. The Balaban J connectivity index is 0.921. The van der Waals surface area contributed by atoms with E-state index in [1.807, 2.05) is 0 Å². The van der Waals surface area contributed by atoms with Gasteiger partial charge in [0.15, 0.2) is 23.6 Å². The molecular formula is C76H66N2+2. The summed E-state index contributed by atoms with van der Waals surface area (Å²) < 4.78 is 5.17. The van der Waals surface area contributed by atoms with E-state index in [1.165, 1.54) is 135 Å². The molecule has 0 radical (unpaired) electrons. The lowest BCUT2D eigenvalue weighted by Gasteiger charge is -2.47. The second-order valence-electron chi connectivity index (χ2n) is 22.0. The van der Waals surface area contributed by atoms with Gasteiger partial charge in [-0.3, -0.25) is 0 Å². The Bertz CT molecular complexity index is 4190. The van der Waals surface area contributed by atoms with Gasteiger partial charge in [0.1, 0.15) is 0 Å². The maximum atomic E-state index is 2.67. The number of nitrogens with zero attached hydrogens (tertiary/aromatic N) is 2. The first-order valence-corrected chi connectivity index (χ1v) is 28.4. The van der Waals surface area contributed by atoms with Crippen LogP contribution in [0.25, 0.3) is 105 Å². The van der Waals surface area contributed by atoms with Gasteiger partial charge in [0, 0.05) is 30.7 Å². The summed E-state index contributed by atoms with van der Waals surface area (Å²) in [7, 11) is 0. The van der Waals surface area contributed by atoms with Gasteiger partial charge in [-0.2, -0.15) is 8.97 Å². The molecule has 378 valence electrons. The average molecular weight is 1010 g/mol. The highest BCUT2D eigenvalue weighted by atomic mass is 15.1. The van der Waals surface area contributed by atoms with Gasteiger partial charge in [0.2, 0.25) is 11.2 Å². The molecule has 0 aliphatic carbocycles. The molecule has 9 aromatic carbocycles.